The van der Waals surface area contributed by atoms with Crippen molar-refractivity contribution in [3.05, 3.63) is 53.8 Å². The fourth-order valence-corrected chi connectivity index (χ4v) is 2.54. The van der Waals surface area contributed by atoms with E-state index in [1.54, 1.807) is 13.4 Å². The van der Waals surface area contributed by atoms with Crippen molar-refractivity contribution in [1.82, 2.24) is 0 Å². The van der Waals surface area contributed by atoms with Crippen LogP contribution in [-0.4, -0.2) is 7.11 Å². The maximum absolute atomic E-state index is 5.08. The van der Waals surface area contributed by atoms with Crippen LogP contribution < -0.4 is 0 Å². The topological polar surface area (TPSA) is 9.23 Å². The molecule has 0 aromatic heterocycles. The van der Waals surface area contributed by atoms with Crippen molar-refractivity contribution in [2.24, 2.45) is 11.8 Å². The zero-order valence-corrected chi connectivity index (χ0v) is 10.8. The summed E-state index contributed by atoms with van der Waals surface area (Å²) in [6.07, 6.45) is 8.55. The molecule has 0 spiro atoms. The first-order chi connectivity index (χ1) is 8.24. The van der Waals surface area contributed by atoms with Crippen LogP contribution in [0, 0.1) is 11.8 Å². The van der Waals surface area contributed by atoms with Gasteiger partial charge in [0.05, 0.1) is 13.4 Å². The van der Waals surface area contributed by atoms with Crippen LogP contribution in [0.3, 0.4) is 0 Å². The fraction of sp³-hybridized carbons (Fsp3) is 0.375. The smallest absolute Gasteiger partial charge is 0.0791 e. The van der Waals surface area contributed by atoms with E-state index in [0.29, 0.717) is 17.8 Å². The quantitative estimate of drug-likeness (QED) is 0.703. The van der Waals surface area contributed by atoms with Gasteiger partial charge < -0.3 is 4.74 Å². The summed E-state index contributed by atoms with van der Waals surface area (Å²) in [4.78, 5) is 0. The highest BCUT2D eigenvalue weighted by molar-refractivity contribution is 5.59. The predicted molar refractivity (Wildman–Crippen MR) is 72.7 cm³/mol. The van der Waals surface area contributed by atoms with E-state index in [1.165, 1.54) is 11.1 Å². The third kappa shape index (κ3) is 2.44. The molecule has 1 aromatic carbocycles. The van der Waals surface area contributed by atoms with E-state index in [-0.39, 0.29) is 0 Å². The van der Waals surface area contributed by atoms with Gasteiger partial charge in [0.2, 0.25) is 0 Å². The van der Waals surface area contributed by atoms with Crippen molar-refractivity contribution >= 4 is 6.08 Å². The number of hydrogen-bond donors (Lipinski definition) is 0. The van der Waals surface area contributed by atoms with Crippen molar-refractivity contribution in [1.29, 1.82) is 0 Å². The molecule has 0 N–H and O–H groups in total. The number of rotatable bonds is 3. The molecule has 17 heavy (non-hydrogen) atoms. The second-order valence-corrected chi connectivity index (χ2v) is 4.90. The molecule has 0 saturated heterocycles. The molecule has 1 aromatic rings. The van der Waals surface area contributed by atoms with E-state index >= 15 is 0 Å². The first-order valence-corrected chi connectivity index (χ1v) is 6.20. The molecule has 1 aliphatic rings. The molecule has 0 fully saturated rings. The molecule has 0 saturated carbocycles. The Hall–Kier alpha value is -1.50. The SMILES string of the molecule is CO/C=C/[C@H]1c2ccccc2C=C[C@@H]1C(C)C. The van der Waals surface area contributed by atoms with E-state index in [4.69, 9.17) is 4.74 Å². The molecule has 90 valence electrons. The molecular formula is C16H20O. The summed E-state index contributed by atoms with van der Waals surface area (Å²) < 4.78 is 5.08. The van der Waals surface area contributed by atoms with E-state index in [2.05, 4.69) is 56.3 Å². The summed E-state index contributed by atoms with van der Waals surface area (Å²) in [5.41, 5.74) is 2.73. The fourth-order valence-electron chi connectivity index (χ4n) is 2.54. The van der Waals surface area contributed by atoms with Gasteiger partial charge in [-0.3, -0.25) is 0 Å². The minimum absolute atomic E-state index is 0.427. The van der Waals surface area contributed by atoms with Crippen LogP contribution in [0.5, 0.6) is 0 Å². The van der Waals surface area contributed by atoms with Gasteiger partial charge in [0.25, 0.3) is 0 Å². The Kier molecular flexibility index (Phi) is 3.68. The molecule has 2 rings (SSSR count). The van der Waals surface area contributed by atoms with Crippen LogP contribution in [0.1, 0.15) is 30.9 Å². The lowest BCUT2D eigenvalue weighted by atomic mass is 9.74. The number of methoxy groups -OCH3 is 1. The average Bonchev–Trinajstić information content (AvgIpc) is 2.35. The molecule has 0 amide bonds. The van der Waals surface area contributed by atoms with Crippen molar-refractivity contribution in [3.8, 4) is 0 Å². The molecule has 0 bridgehead atoms. The lowest BCUT2D eigenvalue weighted by Gasteiger charge is -2.30. The van der Waals surface area contributed by atoms with E-state index < -0.39 is 0 Å². The highest BCUT2D eigenvalue weighted by Gasteiger charge is 2.26. The maximum Gasteiger partial charge on any atom is 0.0791 e. The van der Waals surface area contributed by atoms with Gasteiger partial charge in [-0.2, -0.15) is 0 Å². The van der Waals surface area contributed by atoms with Crippen molar-refractivity contribution in [2.45, 2.75) is 19.8 Å². The minimum Gasteiger partial charge on any atom is -0.505 e. The Morgan fingerprint density at radius 2 is 2.00 bits per heavy atom. The molecular weight excluding hydrogens is 208 g/mol. The van der Waals surface area contributed by atoms with Crippen LogP contribution in [0.4, 0.5) is 0 Å². The molecule has 1 heteroatoms. The molecule has 2 atom stereocenters. The Labute approximate surface area is 104 Å². The zero-order valence-electron chi connectivity index (χ0n) is 10.8. The van der Waals surface area contributed by atoms with E-state index in [9.17, 15) is 0 Å². The Bertz CT molecular complexity index is 429. The van der Waals surface area contributed by atoms with Gasteiger partial charge in [0.15, 0.2) is 0 Å². The second-order valence-electron chi connectivity index (χ2n) is 4.90. The van der Waals surface area contributed by atoms with Gasteiger partial charge in [-0.15, -0.1) is 0 Å². The lowest BCUT2D eigenvalue weighted by molar-refractivity contribution is 0.330. The van der Waals surface area contributed by atoms with Crippen LogP contribution in [0.15, 0.2) is 42.7 Å². The normalized spacial score (nSPS) is 23.1. The average molecular weight is 228 g/mol. The largest absolute Gasteiger partial charge is 0.505 e. The molecule has 1 nitrogen and oxygen atoms in total. The third-order valence-electron chi connectivity index (χ3n) is 3.46. The number of fused-ring (bicyclic) bond motifs is 1. The van der Waals surface area contributed by atoms with Gasteiger partial charge in [-0.25, -0.2) is 0 Å². The van der Waals surface area contributed by atoms with Gasteiger partial charge in [-0.1, -0.05) is 50.3 Å². The summed E-state index contributed by atoms with van der Waals surface area (Å²) >= 11 is 0. The number of benzene rings is 1. The van der Waals surface area contributed by atoms with Crippen LogP contribution in [-0.2, 0) is 4.74 Å². The Morgan fingerprint density at radius 3 is 2.71 bits per heavy atom. The van der Waals surface area contributed by atoms with E-state index in [0.717, 1.165) is 0 Å². The first-order valence-electron chi connectivity index (χ1n) is 6.20. The van der Waals surface area contributed by atoms with E-state index in [1.807, 2.05) is 0 Å². The lowest BCUT2D eigenvalue weighted by Crippen LogP contribution is -2.18. The predicted octanol–water partition coefficient (Wildman–Crippen LogP) is 4.23. The number of hydrogen-bond acceptors (Lipinski definition) is 1. The van der Waals surface area contributed by atoms with Crippen LogP contribution in [0.2, 0.25) is 0 Å². The third-order valence-corrected chi connectivity index (χ3v) is 3.46. The summed E-state index contributed by atoms with van der Waals surface area (Å²) in [5.74, 6) is 1.61. The molecule has 0 radical (unpaired) electrons. The van der Waals surface area contributed by atoms with Gasteiger partial charge in [-0.05, 0) is 29.0 Å². The maximum atomic E-state index is 5.08. The molecule has 0 aliphatic heterocycles. The summed E-state index contributed by atoms with van der Waals surface area (Å²) in [6.45, 7) is 4.55. The Balaban J connectivity index is 2.40. The van der Waals surface area contributed by atoms with Gasteiger partial charge in [0.1, 0.15) is 0 Å². The van der Waals surface area contributed by atoms with Crippen LogP contribution in [0.25, 0.3) is 6.08 Å². The highest BCUT2D eigenvalue weighted by Crippen LogP contribution is 2.38. The Morgan fingerprint density at radius 1 is 1.24 bits per heavy atom. The summed E-state index contributed by atoms with van der Waals surface area (Å²) in [7, 11) is 1.70. The highest BCUT2D eigenvalue weighted by atomic mass is 16.5. The number of allylic oxidation sites excluding steroid dienone is 2. The zero-order chi connectivity index (χ0) is 12.3. The van der Waals surface area contributed by atoms with Crippen LogP contribution >= 0.6 is 0 Å². The monoisotopic (exact) mass is 228 g/mol. The number of ether oxygens (including phenoxy) is 1. The second kappa shape index (κ2) is 5.22. The first kappa shape index (κ1) is 12.0. The molecule has 1 aliphatic carbocycles. The molecule has 0 heterocycles. The molecule has 0 unspecified atom stereocenters. The summed E-state index contributed by atoms with van der Waals surface area (Å²) in [6, 6.07) is 8.61. The summed E-state index contributed by atoms with van der Waals surface area (Å²) in [5, 5.41) is 0. The van der Waals surface area contributed by atoms with Gasteiger partial charge >= 0.3 is 0 Å². The van der Waals surface area contributed by atoms with Crippen molar-refractivity contribution in [2.75, 3.05) is 7.11 Å². The minimum atomic E-state index is 0.427. The van der Waals surface area contributed by atoms with Crippen molar-refractivity contribution < 1.29 is 4.74 Å². The standard InChI is InChI=1S/C16H20O/c1-12(2)14-9-8-13-6-4-5-7-15(13)16(14)10-11-17-3/h4-12,14,16H,1-3H3/b11-10+/t14-,16-/m1/s1. The van der Waals surface area contributed by atoms with Crippen molar-refractivity contribution in [3.63, 3.8) is 0 Å². The van der Waals surface area contributed by atoms with Gasteiger partial charge in [0, 0.05) is 5.92 Å².